The molecule has 25 heavy (non-hydrogen) atoms. The molecule has 0 heterocycles. The normalized spacial score (nSPS) is 10.2. The van der Waals surface area contributed by atoms with Gasteiger partial charge in [0.25, 0.3) is 5.91 Å². The standard InChI is InChI=1S/C18H19ClFN3O2/c1-3-21-18(25)12-5-4-11(2)16(8-12)22-10-17(24)23-13-6-7-15(20)14(19)9-13/h4-9,22H,3,10H2,1-2H3,(H,21,25)(H,23,24). The molecule has 0 radical (unpaired) electrons. The Morgan fingerprint density at radius 2 is 1.92 bits per heavy atom. The number of aryl methyl sites for hydroxylation is 1. The fourth-order valence-electron chi connectivity index (χ4n) is 2.17. The topological polar surface area (TPSA) is 70.2 Å². The highest BCUT2D eigenvalue weighted by Crippen LogP contribution is 2.20. The summed E-state index contributed by atoms with van der Waals surface area (Å²) in [5, 5.41) is 8.29. The van der Waals surface area contributed by atoms with Gasteiger partial charge in [0, 0.05) is 23.5 Å². The van der Waals surface area contributed by atoms with Crippen molar-refractivity contribution in [2.24, 2.45) is 0 Å². The SMILES string of the molecule is CCNC(=O)c1ccc(C)c(NCC(=O)Nc2ccc(F)c(Cl)c2)c1. The van der Waals surface area contributed by atoms with E-state index in [-0.39, 0.29) is 23.4 Å². The molecule has 2 amide bonds. The number of hydrogen-bond acceptors (Lipinski definition) is 3. The van der Waals surface area contributed by atoms with Crippen molar-refractivity contribution in [2.45, 2.75) is 13.8 Å². The van der Waals surface area contributed by atoms with E-state index in [2.05, 4.69) is 16.0 Å². The Balaban J connectivity index is 2.00. The second-order valence-electron chi connectivity index (χ2n) is 5.42. The summed E-state index contributed by atoms with van der Waals surface area (Å²) in [6, 6.07) is 9.19. The maximum Gasteiger partial charge on any atom is 0.251 e. The Kier molecular flexibility index (Phi) is 6.36. The van der Waals surface area contributed by atoms with Crippen molar-refractivity contribution in [2.75, 3.05) is 23.7 Å². The molecule has 2 rings (SSSR count). The molecule has 3 N–H and O–H groups in total. The molecule has 0 spiro atoms. The zero-order valence-corrected chi connectivity index (χ0v) is 14.7. The molecule has 7 heteroatoms. The van der Waals surface area contributed by atoms with Gasteiger partial charge < -0.3 is 16.0 Å². The van der Waals surface area contributed by atoms with Crippen molar-refractivity contribution in [3.63, 3.8) is 0 Å². The average molecular weight is 364 g/mol. The summed E-state index contributed by atoms with van der Waals surface area (Å²) in [5.74, 6) is -1.03. The number of carbonyl (C=O) groups excluding carboxylic acids is 2. The van der Waals surface area contributed by atoms with E-state index in [0.717, 1.165) is 5.56 Å². The third-order valence-corrected chi connectivity index (χ3v) is 3.77. The highest BCUT2D eigenvalue weighted by atomic mass is 35.5. The number of amides is 2. The lowest BCUT2D eigenvalue weighted by Gasteiger charge is -2.12. The van der Waals surface area contributed by atoms with Gasteiger partial charge in [0.2, 0.25) is 5.91 Å². The maximum absolute atomic E-state index is 13.1. The van der Waals surface area contributed by atoms with Gasteiger partial charge in [0.05, 0.1) is 11.6 Å². The van der Waals surface area contributed by atoms with Gasteiger partial charge in [-0.2, -0.15) is 0 Å². The number of rotatable bonds is 6. The molecule has 0 aromatic heterocycles. The summed E-state index contributed by atoms with van der Waals surface area (Å²) in [5.41, 5.74) is 2.52. The van der Waals surface area contributed by atoms with Gasteiger partial charge >= 0.3 is 0 Å². The van der Waals surface area contributed by atoms with E-state index < -0.39 is 5.82 Å². The molecule has 0 atom stereocenters. The number of halogens is 2. The second-order valence-corrected chi connectivity index (χ2v) is 5.83. The fraction of sp³-hybridized carbons (Fsp3) is 0.222. The van der Waals surface area contributed by atoms with Gasteiger partial charge in [-0.15, -0.1) is 0 Å². The van der Waals surface area contributed by atoms with Gasteiger partial charge in [0.15, 0.2) is 0 Å². The molecule has 132 valence electrons. The number of anilines is 2. The average Bonchev–Trinajstić information content (AvgIpc) is 2.57. The molecule has 2 aromatic rings. The van der Waals surface area contributed by atoms with Crippen LogP contribution < -0.4 is 16.0 Å². The molecule has 0 saturated heterocycles. The zero-order valence-electron chi connectivity index (χ0n) is 14.0. The van der Waals surface area contributed by atoms with Crippen LogP contribution in [0.3, 0.4) is 0 Å². The van der Waals surface area contributed by atoms with Gasteiger partial charge in [-0.1, -0.05) is 17.7 Å². The summed E-state index contributed by atoms with van der Waals surface area (Å²) < 4.78 is 13.1. The van der Waals surface area contributed by atoms with E-state index in [1.807, 2.05) is 19.9 Å². The van der Waals surface area contributed by atoms with Crippen molar-refractivity contribution in [3.8, 4) is 0 Å². The molecule has 0 fully saturated rings. The minimum atomic E-state index is -0.546. The first-order valence-electron chi connectivity index (χ1n) is 7.78. The molecule has 0 unspecified atom stereocenters. The van der Waals surface area contributed by atoms with Crippen LogP contribution in [0.5, 0.6) is 0 Å². The summed E-state index contributed by atoms with van der Waals surface area (Å²) in [4.78, 5) is 23.9. The summed E-state index contributed by atoms with van der Waals surface area (Å²) in [7, 11) is 0. The summed E-state index contributed by atoms with van der Waals surface area (Å²) in [6.07, 6.45) is 0. The van der Waals surface area contributed by atoms with Crippen LogP contribution in [0.2, 0.25) is 5.02 Å². The van der Waals surface area contributed by atoms with Crippen molar-refractivity contribution in [1.82, 2.24) is 5.32 Å². The third-order valence-electron chi connectivity index (χ3n) is 3.48. The molecule has 2 aromatic carbocycles. The van der Waals surface area contributed by atoms with Crippen LogP contribution in [0.15, 0.2) is 36.4 Å². The van der Waals surface area contributed by atoms with Crippen LogP contribution in [-0.4, -0.2) is 24.9 Å². The predicted molar refractivity (Wildman–Crippen MR) is 97.7 cm³/mol. The number of nitrogens with one attached hydrogen (secondary N) is 3. The number of hydrogen-bond donors (Lipinski definition) is 3. The Labute approximate surface area is 150 Å². The molecule has 0 saturated carbocycles. The van der Waals surface area contributed by atoms with Crippen molar-refractivity contribution < 1.29 is 14.0 Å². The molecular weight excluding hydrogens is 345 g/mol. The van der Waals surface area contributed by atoms with Crippen LogP contribution in [0.1, 0.15) is 22.8 Å². The highest BCUT2D eigenvalue weighted by molar-refractivity contribution is 6.31. The lowest BCUT2D eigenvalue weighted by molar-refractivity contribution is -0.114. The highest BCUT2D eigenvalue weighted by Gasteiger charge is 2.09. The molecule has 0 aliphatic carbocycles. The molecular formula is C18H19ClFN3O2. The van der Waals surface area contributed by atoms with Crippen molar-refractivity contribution in [3.05, 3.63) is 58.4 Å². The van der Waals surface area contributed by atoms with E-state index in [1.165, 1.54) is 18.2 Å². The van der Waals surface area contributed by atoms with Gasteiger partial charge in [-0.05, 0) is 49.7 Å². The minimum absolute atomic E-state index is 0.00527. The van der Waals surface area contributed by atoms with Gasteiger partial charge in [-0.3, -0.25) is 9.59 Å². The van der Waals surface area contributed by atoms with E-state index in [9.17, 15) is 14.0 Å². The van der Waals surface area contributed by atoms with E-state index in [1.54, 1.807) is 12.1 Å². The summed E-state index contributed by atoms with van der Waals surface area (Å²) >= 11 is 5.68. The lowest BCUT2D eigenvalue weighted by atomic mass is 10.1. The predicted octanol–water partition coefficient (Wildman–Crippen LogP) is 3.59. The van der Waals surface area contributed by atoms with E-state index in [0.29, 0.717) is 23.5 Å². The van der Waals surface area contributed by atoms with Crippen molar-refractivity contribution >= 4 is 34.8 Å². The Bertz CT molecular complexity index is 796. The number of carbonyl (C=O) groups is 2. The second kappa shape index (κ2) is 8.48. The van der Waals surface area contributed by atoms with Gasteiger partial charge in [0.1, 0.15) is 5.82 Å². The van der Waals surface area contributed by atoms with E-state index >= 15 is 0 Å². The molecule has 0 aliphatic rings. The minimum Gasteiger partial charge on any atom is -0.376 e. The molecule has 0 aliphatic heterocycles. The quantitative estimate of drug-likeness (QED) is 0.734. The lowest BCUT2D eigenvalue weighted by Crippen LogP contribution is -2.24. The van der Waals surface area contributed by atoms with Crippen molar-refractivity contribution in [1.29, 1.82) is 0 Å². The Morgan fingerprint density at radius 3 is 2.60 bits per heavy atom. The molecule has 5 nitrogen and oxygen atoms in total. The monoisotopic (exact) mass is 363 g/mol. The van der Waals surface area contributed by atoms with E-state index in [4.69, 9.17) is 11.6 Å². The first-order chi connectivity index (χ1) is 11.9. The smallest absolute Gasteiger partial charge is 0.251 e. The Morgan fingerprint density at radius 1 is 1.16 bits per heavy atom. The van der Waals surface area contributed by atoms with Gasteiger partial charge in [-0.25, -0.2) is 4.39 Å². The van der Waals surface area contributed by atoms with Crippen LogP contribution in [0.4, 0.5) is 15.8 Å². The third kappa shape index (κ3) is 5.19. The van der Waals surface area contributed by atoms with Crippen LogP contribution in [-0.2, 0) is 4.79 Å². The van der Waals surface area contributed by atoms with Crippen LogP contribution in [0.25, 0.3) is 0 Å². The maximum atomic E-state index is 13.1. The molecule has 0 bridgehead atoms. The van der Waals surface area contributed by atoms with Crippen LogP contribution in [0, 0.1) is 12.7 Å². The summed E-state index contributed by atoms with van der Waals surface area (Å²) in [6.45, 7) is 4.26. The number of benzene rings is 2. The largest absolute Gasteiger partial charge is 0.376 e. The first-order valence-corrected chi connectivity index (χ1v) is 8.16. The Hall–Kier alpha value is -2.60. The fourth-order valence-corrected chi connectivity index (χ4v) is 2.35. The van der Waals surface area contributed by atoms with Crippen LogP contribution >= 0.6 is 11.6 Å². The zero-order chi connectivity index (χ0) is 18.4. The first kappa shape index (κ1) is 18.7.